The quantitative estimate of drug-likeness (QED) is 0.0599. The van der Waals surface area contributed by atoms with E-state index >= 15 is 0 Å². The number of amides is 5. The highest BCUT2D eigenvalue weighted by molar-refractivity contribution is 6.12. The topological polar surface area (TPSA) is 191 Å². The van der Waals surface area contributed by atoms with E-state index in [4.69, 9.17) is 28.5 Å². The maximum Gasteiger partial charge on any atom is 0.253 e. The van der Waals surface area contributed by atoms with Crippen LogP contribution in [0.1, 0.15) is 118 Å². The molecule has 18 heteroatoms. The molecule has 1 aliphatic carbocycles. The predicted octanol–water partition coefficient (Wildman–Crippen LogP) is 5.76. The van der Waals surface area contributed by atoms with Crippen LogP contribution in [0.4, 0.5) is 0 Å². The van der Waals surface area contributed by atoms with Crippen molar-refractivity contribution in [1.29, 1.82) is 0 Å². The molecule has 0 aromatic heterocycles. The number of nitrogens with zero attached hydrogens (tertiary/aromatic N) is 5. The zero-order chi connectivity index (χ0) is 55.7. The van der Waals surface area contributed by atoms with Gasteiger partial charge in [-0.2, -0.15) is 0 Å². The minimum absolute atomic E-state index is 0.00399. The van der Waals surface area contributed by atoms with Crippen LogP contribution in [0.2, 0.25) is 0 Å². The summed E-state index contributed by atoms with van der Waals surface area (Å²) in [6.45, 7) is 18.0. The number of hydrogen-bond acceptors (Lipinski definition) is 14. The van der Waals surface area contributed by atoms with Gasteiger partial charge in [0.2, 0.25) is 11.8 Å². The lowest BCUT2D eigenvalue weighted by Gasteiger charge is -2.41. The molecule has 0 spiro atoms. The molecule has 1 saturated carbocycles. The number of carbonyl (C=O) groups excluding carboxylic acids is 7. The summed E-state index contributed by atoms with van der Waals surface area (Å²) in [5.41, 5.74) is 0.123. The lowest BCUT2D eigenvalue weighted by molar-refractivity contribution is -0.203. The summed E-state index contributed by atoms with van der Waals surface area (Å²) in [7, 11) is 6.82. The summed E-state index contributed by atoms with van der Waals surface area (Å²) in [4.78, 5) is 108. The fourth-order valence-electron chi connectivity index (χ4n) is 11.8. The van der Waals surface area contributed by atoms with E-state index < -0.39 is 41.5 Å². The number of carbonyl (C=O) groups is 7. The highest BCUT2D eigenvalue weighted by Gasteiger charge is 2.63. The van der Waals surface area contributed by atoms with Gasteiger partial charge in [-0.1, -0.05) is 85.2 Å². The molecule has 1 aromatic carbocycles. The zero-order valence-corrected chi connectivity index (χ0v) is 47.6. The minimum atomic E-state index is -0.905. The summed E-state index contributed by atoms with van der Waals surface area (Å²) < 4.78 is 29.2. The minimum Gasteiger partial charge on any atom is -0.379 e. The normalized spacial score (nSPS) is 22.5. The van der Waals surface area contributed by atoms with E-state index in [1.807, 2.05) is 81.8 Å². The van der Waals surface area contributed by atoms with Crippen LogP contribution in [0.25, 0.3) is 0 Å². The largest absolute Gasteiger partial charge is 0.379 e. The Labute approximate surface area is 452 Å². The van der Waals surface area contributed by atoms with E-state index in [1.165, 1.54) is 17.2 Å². The molecule has 1 aromatic rings. The van der Waals surface area contributed by atoms with Crippen molar-refractivity contribution in [1.82, 2.24) is 24.7 Å². The molecular weight excluding hydrogens is 975 g/mol. The molecule has 5 amide bonds. The third kappa shape index (κ3) is 16.1. The van der Waals surface area contributed by atoms with Crippen LogP contribution in [-0.2, 0) is 62.1 Å². The van der Waals surface area contributed by atoms with Crippen LogP contribution < -0.4 is 0 Å². The Morgan fingerprint density at radius 3 is 2.00 bits per heavy atom. The standard InChI is InChI=1S/C58H91N5O13/c1-12-41(6)54(60(9)56(69)44(39(2)3)35-47(64)53(40(4)5)59(8)26-29-73-31-33-75-34-32-74-30-27-62-50(66)22-23-51(62)67)49(71-10)36-52(68)61-24-18-21-46(61)55(72-11)42(7)48(65)38-58(57(70)63-25-16-17-28-76-63)37-45(58)43-19-14-13-15-20-43/h13-15,19-20,22-23,39-42,44-46,49,53-55H,12,16-18,21,24-38H2,1-11H3/t41-,42-,44-,45+,46-,49+,53-,54-,55+,58-/m0/s1. The molecule has 18 nitrogen and oxygen atoms in total. The maximum absolute atomic E-state index is 14.8. The molecule has 76 heavy (non-hydrogen) atoms. The second-order valence-corrected chi connectivity index (χ2v) is 22.2. The zero-order valence-electron chi connectivity index (χ0n) is 47.6. The van der Waals surface area contributed by atoms with Gasteiger partial charge in [0.1, 0.15) is 5.78 Å². The molecule has 0 bridgehead atoms. The fraction of sp³-hybridized carbons (Fsp3) is 0.741. The molecule has 0 unspecified atom stereocenters. The summed E-state index contributed by atoms with van der Waals surface area (Å²) in [5.74, 6) is -2.81. The second-order valence-electron chi connectivity index (χ2n) is 22.2. The maximum atomic E-state index is 14.8. The van der Waals surface area contributed by atoms with Crippen LogP contribution in [0.3, 0.4) is 0 Å². The van der Waals surface area contributed by atoms with Gasteiger partial charge in [0.25, 0.3) is 17.7 Å². The molecule has 3 aliphatic heterocycles. The SMILES string of the molecule is CC[C@H](C)[C@@H]([C@@H](CC(=O)N1CCC[C@H]1[C@H](OC)[C@@H](C)C(=O)C[C@@]1(C(=O)N2CCCCO2)C[C@@H]1c1ccccc1)OC)N(C)C(=O)[C@@H](CC(=O)[C@H](C(C)C)N(C)CCOCCOCCOCCN1C(=O)C=CC1=O)C(C)C. The lowest BCUT2D eigenvalue weighted by Crippen LogP contribution is -2.54. The van der Waals surface area contributed by atoms with E-state index in [0.717, 1.165) is 29.7 Å². The Kier molecular flexibility index (Phi) is 24.7. The van der Waals surface area contributed by atoms with Gasteiger partial charge in [-0.25, -0.2) is 5.06 Å². The first-order chi connectivity index (χ1) is 36.3. The molecule has 10 atom stereocenters. The molecule has 0 N–H and O–H groups in total. The molecule has 4 aliphatic rings. The van der Waals surface area contributed by atoms with Crippen molar-refractivity contribution in [3.63, 3.8) is 0 Å². The number of likely N-dealkylation sites (tertiary alicyclic amines) is 1. The third-order valence-electron chi connectivity index (χ3n) is 16.4. The fourth-order valence-corrected chi connectivity index (χ4v) is 11.8. The number of hydroxylamine groups is 2. The van der Waals surface area contributed by atoms with Crippen molar-refractivity contribution in [3.8, 4) is 0 Å². The third-order valence-corrected chi connectivity index (χ3v) is 16.4. The average molecular weight is 1070 g/mol. The molecular formula is C58H91N5O13. The number of ketones is 2. The number of methoxy groups -OCH3 is 2. The smallest absolute Gasteiger partial charge is 0.253 e. The van der Waals surface area contributed by atoms with Crippen molar-refractivity contribution in [2.45, 2.75) is 143 Å². The average Bonchev–Trinajstić information content (AvgIpc) is 3.79. The van der Waals surface area contributed by atoms with Crippen molar-refractivity contribution < 1.29 is 62.1 Å². The Bertz CT molecular complexity index is 2080. The number of ether oxygens (including phenoxy) is 5. The number of hydrogen-bond donors (Lipinski definition) is 0. The highest BCUT2D eigenvalue weighted by Crippen LogP contribution is 2.63. The molecule has 5 rings (SSSR count). The van der Waals surface area contributed by atoms with Gasteiger partial charge in [0, 0.05) is 77.7 Å². The Morgan fingerprint density at radius 2 is 1.42 bits per heavy atom. The first-order valence-electron chi connectivity index (χ1n) is 28.0. The molecule has 2 saturated heterocycles. The van der Waals surface area contributed by atoms with Gasteiger partial charge >= 0.3 is 0 Å². The van der Waals surface area contributed by atoms with E-state index in [1.54, 1.807) is 26.2 Å². The van der Waals surface area contributed by atoms with E-state index in [0.29, 0.717) is 78.5 Å². The number of rotatable bonds is 34. The Hall–Kier alpha value is -4.43. The van der Waals surface area contributed by atoms with Crippen LogP contribution in [0.5, 0.6) is 0 Å². The van der Waals surface area contributed by atoms with E-state index in [2.05, 4.69) is 13.8 Å². The van der Waals surface area contributed by atoms with Crippen molar-refractivity contribution in [2.24, 2.45) is 35.0 Å². The van der Waals surface area contributed by atoms with Gasteiger partial charge in [-0.05, 0) is 68.4 Å². The van der Waals surface area contributed by atoms with Crippen molar-refractivity contribution in [2.75, 3.05) is 101 Å². The van der Waals surface area contributed by atoms with Gasteiger partial charge in [0.15, 0.2) is 5.78 Å². The number of likely N-dealkylation sites (N-methyl/N-ethyl adjacent to an activating group) is 2. The predicted molar refractivity (Wildman–Crippen MR) is 286 cm³/mol. The summed E-state index contributed by atoms with van der Waals surface area (Å²) in [6.07, 6.45) is 5.71. The second kappa shape index (κ2) is 30.1. The molecule has 426 valence electrons. The number of imide groups is 1. The Balaban J connectivity index is 1.16. The Morgan fingerprint density at radius 1 is 0.776 bits per heavy atom. The monoisotopic (exact) mass is 1070 g/mol. The van der Waals surface area contributed by atoms with Crippen LogP contribution >= 0.6 is 0 Å². The summed E-state index contributed by atoms with van der Waals surface area (Å²) >= 11 is 0. The highest BCUT2D eigenvalue weighted by atomic mass is 16.7. The van der Waals surface area contributed by atoms with Crippen LogP contribution in [0.15, 0.2) is 42.5 Å². The van der Waals surface area contributed by atoms with E-state index in [9.17, 15) is 33.6 Å². The van der Waals surface area contributed by atoms with Crippen LogP contribution in [0, 0.1) is 35.0 Å². The molecule has 3 heterocycles. The van der Waals surface area contributed by atoms with Crippen molar-refractivity contribution >= 4 is 41.1 Å². The van der Waals surface area contributed by atoms with Gasteiger partial charge in [0.05, 0.1) is 95.0 Å². The molecule has 0 radical (unpaired) electrons. The molecule has 3 fully saturated rings. The van der Waals surface area contributed by atoms with Gasteiger partial charge in [-0.3, -0.25) is 48.2 Å². The summed E-state index contributed by atoms with van der Waals surface area (Å²) in [6, 6.07) is 8.58. The van der Waals surface area contributed by atoms with Crippen molar-refractivity contribution in [3.05, 3.63) is 48.0 Å². The van der Waals surface area contributed by atoms with Crippen LogP contribution in [-0.4, -0.2) is 197 Å². The van der Waals surface area contributed by atoms with Gasteiger partial charge < -0.3 is 33.5 Å². The lowest BCUT2D eigenvalue weighted by atomic mass is 9.83. The number of Topliss-reactive ketones (excluding diaryl/α,β-unsaturated/α-hetero) is 2. The summed E-state index contributed by atoms with van der Waals surface area (Å²) in [5, 5.41) is 1.47. The van der Waals surface area contributed by atoms with E-state index in [-0.39, 0.29) is 103 Å². The first-order valence-corrected chi connectivity index (χ1v) is 28.0. The first kappa shape index (κ1) is 62.4. The van der Waals surface area contributed by atoms with Gasteiger partial charge in [-0.15, -0.1) is 0 Å². The number of benzene rings is 1.